The molecule has 7 heteroatoms. The summed E-state index contributed by atoms with van der Waals surface area (Å²) in [6.45, 7) is 3.11. The number of halogens is 2. The van der Waals surface area contributed by atoms with Crippen LogP contribution in [0.4, 0.5) is 5.82 Å². The zero-order valence-corrected chi connectivity index (χ0v) is 10.3. The fraction of sp³-hybridized carbons (Fsp3) is 0.500. The summed E-state index contributed by atoms with van der Waals surface area (Å²) in [5.74, 6) is 0.678. The molecule has 1 aliphatic heterocycles. The van der Waals surface area contributed by atoms with Gasteiger partial charge in [-0.25, -0.2) is 9.99 Å². The molecule has 15 heavy (non-hydrogen) atoms. The second kappa shape index (κ2) is 5.07. The third-order valence-electron chi connectivity index (χ3n) is 1.99. The average molecular weight is 294 g/mol. The van der Waals surface area contributed by atoms with E-state index >= 15 is 0 Å². The number of hydrogen-bond donors (Lipinski definition) is 1. The molecule has 0 aliphatic carbocycles. The first-order valence-electron chi connectivity index (χ1n) is 4.53. The van der Waals surface area contributed by atoms with Gasteiger partial charge in [0, 0.05) is 19.3 Å². The highest BCUT2D eigenvalue weighted by Gasteiger charge is 2.12. The summed E-state index contributed by atoms with van der Waals surface area (Å²) in [5, 5.41) is 2.27. The van der Waals surface area contributed by atoms with Gasteiger partial charge in [0.05, 0.1) is 17.7 Å². The summed E-state index contributed by atoms with van der Waals surface area (Å²) < 4.78 is 6.03. The molecular formula is C8H10BrClN4O. The number of morpholine rings is 1. The van der Waals surface area contributed by atoms with Crippen molar-refractivity contribution in [2.75, 3.05) is 31.7 Å². The van der Waals surface area contributed by atoms with Crippen LogP contribution >= 0.6 is 27.5 Å². The van der Waals surface area contributed by atoms with Crippen molar-refractivity contribution < 1.29 is 4.74 Å². The number of hydrazine groups is 1. The Bertz CT molecular complexity index is 345. The van der Waals surface area contributed by atoms with Crippen LogP contribution in [0.25, 0.3) is 0 Å². The minimum atomic E-state index is 0.231. The van der Waals surface area contributed by atoms with Crippen LogP contribution in [0.3, 0.4) is 0 Å². The molecule has 2 rings (SSSR count). The van der Waals surface area contributed by atoms with Gasteiger partial charge in [-0.15, -0.1) is 0 Å². The highest BCUT2D eigenvalue weighted by molar-refractivity contribution is 9.10. The molecule has 0 saturated carbocycles. The molecular weight excluding hydrogens is 283 g/mol. The molecule has 0 unspecified atom stereocenters. The lowest BCUT2D eigenvalue weighted by molar-refractivity contribution is 0.0494. The van der Waals surface area contributed by atoms with E-state index < -0.39 is 0 Å². The molecule has 0 spiro atoms. The van der Waals surface area contributed by atoms with E-state index in [1.165, 1.54) is 0 Å². The van der Waals surface area contributed by atoms with Crippen LogP contribution in [0.15, 0.2) is 10.7 Å². The third-order valence-corrected chi connectivity index (χ3v) is 2.75. The smallest absolute Gasteiger partial charge is 0.224 e. The molecule has 0 atom stereocenters. The predicted octanol–water partition coefficient (Wildman–Crippen LogP) is 1.55. The maximum atomic E-state index is 5.71. The monoisotopic (exact) mass is 292 g/mol. The molecule has 0 radical (unpaired) electrons. The number of nitrogens with one attached hydrogen (secondary N) is 1. The second-order valence-corrected chi connectivity index (χ2v) is 4.24. The molecule has 82 valence electrons. The van der Waals surface area contributed by atoms with Crippen molar-refractivity contribution in [2.45, 2.75) is 0 Å². The van der Waals surface area contributed by atoms with Gasteiger partial charge >= 0.3 is 0 Å². The Morgan fingerprint density at radius 2 is 2.20 bits per heavy atom. The van der Waals surface area contributed by atoms with Gasteiger partial charge in [0.1, 0.15) is 0 Å². The van der Waals surface area contributed by atoms with Gasteiger partial charge in [0.15, 0.2) is 5.82 Å². The van der Waals surface area contributed by atoms with Crippen LogP contribution in [0, 0.1) is 0 Å². The largest absolute Gasteiger partial charge is 0.379 e. The molecule has 1 N–H and O–H groups in total. The van der Waals surface area contributed by atoms with Crippen LogP contribution in [-0.2, 0) is 4.74 Å². The van der Waals surface area contributed by atoms with Crippen molar-refractivity contribution in [3.8, 4) is 0 Å². The van der Waals surface area contributed by atoms with Crippen LogP contribution in [0.5, 0.6) is 0 Å². The Morgan fingerprint density at radius 3 is 2.93 bits per heavy atom. The van der Waals surface area contributed by atoms with Gasteiger partial charge in [-0.2, -0.15) is 4.98 Å². The standard InChI is InChI=1S/C8H10BrClN4O/c9-6-5-11-8(10)12-7(6)13-14-1-3-15-4-2-14/h5H,1-4H2,(H,11,12,13). The Morgan fingerprint density at radius 1 is 1.47 bits per heavy atom. The van der Waals surface area contributed by atoms with E-state index in [4.69, 9.17) is 16.3 Å². The normalized spacial score (nSPS) is 17.7. The van der Waals surface area contributed by atoms with Crippen molar-refractivity contribution in [2.24, 2.45) is 0 Å². The number of aromatic nitrogens is 2. The predicted molar refractivity (Wildman–Crippen MR) is 60.8 cm³/mol. The molecule has 1 saturated heterocycles. The zero-order chi connectivity index (χ0) is 10.7. The number of anilines is 1. The van der Waals surface area contributed by atoms with Gasteiger partial charge in [-0.3, -0.25) is 0 Å². The first-order valence-corrected chi connectivity index (χ1v) is 5.70. The number of rotatable bonds is 2. The third kappa shape index (κ3) is 3.01. The lowest BCUT2D eigenvalue weighted by Gasteiger charge is -2.27. The van der Waals surface area contributed by atoms with Crippen LogP contribution in [-0.4, -0.2) is 41.3 Å². The Kier molecular flexibility index (Phi) is 3.74. The SMILES string of the molecule is Clc1ncc(Br)c(NN2CCOCC2)n1. The van der Waals surface area contributed by atoms with Gasteiger partial charge in [-0.1, -0.05) is 0 Å². The van der Waals surface area contributed by atoms with E-state index in [1.54, 1.807) is 6.20 Å². The molecule has 5 nitrogen and oxygen atoms in total. The second-order valence-electron chi connectivity index (χ2n) is 3.05. The van der Waals surface area contributed by atoms with Crippen LogP contribution in [0.2, 0.25) is 5.28 Å². The number of ether oxygens (including phenoxy) is 1. The maximum absolute atomic E-state index is 5.71. The van der Waals surface area contributed by atoms with E-state index in [2.05, 4.69) is 31.3 Å². The van der Waals surface area contributed by atoms with Gasteiger partial charge < -0.3 is 10.2 Å². The fourth-order valence-electron chi connectivity index (χ4n) is 1.25. The molecule has 0 amide bonds. The molecule has 0 aromatic carbocycles. The minimum Gasteiger partial charge on any atom is -0.379 e. The molecule has 1 fully saturated rings. The molecule has 2 heterocycles. The van der Waals surface area contributed by atoms with Crippen LogP contribution in [0.1, 0.15) is 0 Å². The Hall–Kier alpha value is -0.430. The lowest BCUT2D eigenvalue weighted by Crippen LogP contribution is -2.40. The first kappa shape index (κ1) is 11.1. The van der Waals surface area contributed by atoms with E-state index in [-0.39, 0.29) is 5.28 Å². The maximum Gasteiger partial charge on any atom is 0.224 e. The quantitative estimate of drug-likeness (QED) is 0.839. The van der Waals surface area contributed by atoms with Gasteiger partial charge in [0.2, 0.25) is 5.28 Å². The minimum absolute atomic E-state index is 0.231. The van der Waals surface area contributed by atoms with E-state index in [0.717, 1.165) is 30.8 Å². The van der Waals surface area contributed by atoms with E-state index in [1.807, 2.05) is 5.01 Å². The van der Waals surface area contributed by atoms with Crippen molar-refractivity contribution in [1.29, 1.82) is 0 Å². The van der Waals surface area contributed by atoms with E-state index in [0.29, 0.717) is 5.82 Å². The Labute approximate surface area is 101 Å². The van der Waals surface area contributed by atoms with Gasteiger partial charge in [0.25, 0.3) is 0 Å². The summed E-state index contributed by atoms with van der Waals surface area (Å²) in [5.41, 5.74) is 3.16. The summed E-state index contributed by atoms with van der Waals surface area (Å²) in [6.07, 6.45) is 1.62. The molecule has 1 aromatic heterocycles. The lowest BCUT2D eigenvalue weighted by atomic mass is 10.5. The molecule has 0 bridgehead atoms. The van der Waals surface area contributed by atoms with Crippen molar-refractivity contribution in [3.05, 3.63) is 16.0 Å². The highest BCUT2D eigenvalue weighted by Crippen LogP contribution is 2.20. The molecule has 1 aliphatic rings. The summed E-state index contributed by atoms with van der Waals surface area (Å²) in [7, 11) is 0. The summed E-state index contributed by atoms with van der Waals surface area (Å²) in [4.78, 5) is 7.94. The first-order chi connectivity index (χ1) is 7.25. The van der Waals surface area contributed by atoms with Gasteiger partial charge in [-0.05, 0) is 27.5 Å². The zero-order valence-electron chi connectivity index (χ0n) is 7.91. The molecule has 1 aromatic rings. The summed E-state index contributed by atoms with van der Waals surface area (Å²) >= 11 is 9.06. The van der Waals surface area contributed by atoms with Crippen LogP contribution < -0.4 is 5.43 Å². The number of hydrogen-bond acceptors (Lipinski definition) is 5. The summed E-state index contributed by atoms with van der Waals surface area (Å²) in [6, 6.07) is 0. The fourth-order valence-corrected chi connectivity index (χ4v) is 1.66. The Balaban J connectivity index is 2.05. The highest BCUT2D eigenvalue weighted by atomic mass is 79.9. The topological polar surface area (TPSA) is 50.3 Å². The average Bonchev–Trinajstić information content (AvgIpc) is 2.25. The number of nitrogens with zero attached hydrogens (tertiary/aromatic N) is 3. The van der Waals surface area contributed by atoms with Crippen molar-refractivity contribution in [3.63, 3.8) is 0 Å². The van der Waals surface area contributed by atoms with Crippen molar-refractivity contribution >= 4 is 33.3 Å². The van der Waals surface area contributed by atoms with Crippen molar-refractivity contribution in [1.82, 2.24) is 15.0 Å². The van der Waals surface area contributed by atoms with E-state index in [9.17, 15) is 0 Å².